The van der Waals surface area contributed by atoms with Crippen molar-refractivity contribution in [2.75, 3.05) is 33.2 Å². The fraction of sp³-hybridized carbons (Fsp3) is 0.615. The number of nitrogens with one attached hydrogen (secondary N) is 1. The van der Waals surface area contributed by atoms with E-state index in [9.17, 15) is 4.79 Å². The Bertz CT molecular complexity index is 437. The van der Waals surface area contributed by atoms with Crippen LogP contribution in [0.2, 0.25) is 4.34 Å². The van der Waals surface area contributed by atoms with Crippen molar-refractivity contribution in [2.24, 2.45) is 0 Å². The van der Waals surface area contributed by atoms with Crippen molar-refractivity contribution in [3.8, 4) is 0 Å². The van der Waals surface area contributed by atoms with Gasteiger partial charge < -0.3 is 10.2 Å². The van der Waals surface area contributed by atoms with Gasteiger partial charge in [0.15, 0.2) is 0 Å². The molecule has 1 aliphatic heterocycles. The van der Waals surface area contributed by atoms with Gasteiger partial charge in [-0.25, -0.2) is 0 Å². The fourth-order valence-electron chi connectivity index (χ4n) is 2.23. The minimum atomic E-state index is 0.165. The lowest BCUT2D eigenvalue weighted by molar-refractivity contribution is -0.131. The van der Waals surface area contributed by atoms with Crippen LogP contribution >= 0.6 is 22.9 Å². The lowest BCUT2D eigenvalue weighted by atomic mass is 10.2. The van der Waals surface area contributed by atoms with Crippen LogP contribution < -0.4 is 5.32 Å². The predicted octanol–water partition coefficient (Wildman–Crippen LogP) is 1.65. The molecule has 0 spiro atoms. The van der Waals surface area contributed by atoms with Crippen LogP contribution in [-0.4, -0.2) is 55.0 Å². The number of hydrogen-bond donors (Lipinski definition) is 1. The van der Waals surface area contributed by atoms with Gasteiger partial charge in [0, 0.05) is 37.6 Å². The van der Waals surface area contributed by atoms with Gasteiger partial charge in [0.1, 0.15) is 0 Å². The molecule has 19 heavy (non-hydrogen) atoms. The van der Waals surface area contributed by atoms with Crippen LogP contribution in [0.25, 0.3) is 0 Å². The third-order valence-corrected chi connectivity index (χ3v) is 4.48. The Morgan fingerprint density at radius 3 is 3.05 bits per heavy atom. The fourth-order valence-corrected chi connectivity index (χ4v) is 3.37. The SMILES string of the molecule is C[C@H]1CN(CC(=O)N(C)Cc2ccc(Cl)s2)CCN1. The summed E-state index contributed by atoms with van der Waals surface area (Å²) in [5.41, 5.74) is 0. The number of amides is 1. The molecule has 1 aromatic heterocycles. The number of hydrogen-bond acceptors (Lipinski definition) is 4. The highest BCUT2D eigenvalue weighted by Crippen LogP contribution is 2.22. The van der Waals surface area contributed by atoms with Crippen molar-refractivity contribution in [2.45, 2.75) is 19.5 Å². The first-order valence-corrected chi connectivity index (χ1v) is 7.68. The summed E-state index contributed by atoms with van der Waals surface area (Å²) in [4.78, 5) is 17.3. The average molecular weight is 302 g/mol. The van der Waals surface area contributed by atoms with Crippen LogP contribution in [0.15, 0.2) is 12.1 Å². The van der Waals surface area contributed by atoms with E-state index in [1.807, 2.05) is 19.2 Å². The molecule has 1 aromatic rings. The maximum absolute atomic E-state index is 12.2. The molecule has 106 valence electrons. The Hall–Kier alpha value is -0.620. The van der Waals surface area contributed by atoms with Crippen LogP contribution in [0.3, 0.4) is 0 Å². The van der Waals surface area contributed by atoms with E-state index in [0.29, 0.717) is 19.1 Å². The molecular weight excluding hydrogens is 282 g/mol. The van der Waals surface area contributed by atoms with Crippen LogP contribution in [-0.2, 0) is 11.3 Å². The summed E-state index contributed by atoms with van der Waals surface area (Å²) in [6, 6.07) is 4.31. The molecule has 1 aliphatic rings. The highest BCUT2D eigenvalue weighted by Gasteiger charge is 2.20. The predicted molar refractivity (Wildman–Crippen MR) is 79.7 cm³/mol. The minimum Gasteiger partial charge on any atom is -0.340 e. The van der Waals surface area contributed by atoms with E-state index in [2.05, 4.69) is 17.1 Å². The van der Waals surface area contributed by atoms with Gasteiger partial charge in [0.05, 0.1) is 17.4 Å². The standard InChI is InChI=1S/C13H20ClN3OS/c1-10-7-17(6-5-15-10)9-13(18)16(2)8-11-3-4-12(14)19-11/h3-4,10,15H,5-9H2,1-2H3/t10-/m0/s1. The Balaban J connectivity index is 1.81. The number of rotatable bonds is 4. The molecule has 0 aromatic carbocycles. The Kier molecular flexibility index (Phi) is 5.21. The molecule has 1 fully saturated rings. The number of carbonyl (C=O) groups is 1. The molecule has 0 unspecified atom stereocenters. The van der Waals surface area contributed by atoms with E-state index < -0.39 is 0 Å². The topological polar surface area (TPSA) is 35.6 Å². The number of nitrogens with zero attached hydrogens (tertiary/aromatic N) is 2. The molecule has 1 atom stereocenters. The molecule has 2 rings (SSSR count). The van der Waals surface area contributed by atoms with E-state index in [-0.39, 0.29) is 5.91 Å². The van der Waals surface area contributed by atoms with Crippen molar-refractivity contribution < 1.29 is 4.79 Å². The molecule has 4 nitrogen and oxygen atoms in total. The molecule has 6 heteroatoms. The zero-order valence-electron chi connectivity index (χ0n) is 11.4. The Morgan fingerprint density at radius 2 is 2.42 bits per heavy atom. The third kappa shape index (κ3) is 4.45. The monoisotopic (exact) mass is 301 g/mol. The quantitative estimate of drug-likeness (QED) is 0.918. The summed E-state index contributed by atoms with van der Waals surface area (Å²) in [5, 5.41) is 3.38. The number of likely N-dealkylation sites (N-methyl/N-ethyl adjacent to an activating group) is 1. The maximum Gasteiger partial charge on any atom is 0.236 e. The summed E-state index contributed by atoms with van der Waals surface area (Å²) >= 11 is 7.42. The lowest BCUT2D eigenvalue weighted by Crippen LogP contribution is -2.51. The lowest BCUT2D eigenvalue weighted by Gasteiger charge is -2.32. The number of carbonyl (C=O) groups excluding carboxylic acids is 1. The zero-order chi connectivity index (χ0) is 13.8. The van der Waals surface area contributed by atoms with Crippen molar-refractivity contribution in [3.63, 3.8) is 0 Å². The first-order valence-electron chi connectivity index (χ1n) is 6.48. The molecule has 0 aliphatic carbocycles. The van der Waals surface area contributed by atoms with Crippen LogP contribution in [0, 0.1) is 0 Å². The second-order valence-corrected chi connectivity index (χ2v) is 6.85. The number of thiophene rings is 1. The van der Waals surface area contributed by atoms with E-state index in [4.69, 9.17) is 11.6 Å². The van der Waals surface area contributed by atoms with Gasteiger partial charge in [0.2, 0.25) is 5.91 Å². The van der Waals surface area contributed by atoms with Crippen LogP contribution in [0.1, 0.15) is 11.8 Å². The first-order chi connectivity index (χ1) is 9.04. The highest BCUT2D eigenvalue weighted by molar-refractivity contribution is 7.16. The first kappa shape index (κ1) is 14.8. The largest absolute Gasteiger partial charge is 0.340 e. The normalized spacial score (nSPS) is 20.5. The van der Waals surface area contributed by atoms with E-state index in [1.54, 1.807) is 4.90 Å². The van der Waals surface area contributed by atoms with E-state index in [1.165, 1.54) is 11.3 Å². The number of halogens is 1. The highest BCUT2D eigenvalue weighted by atomic mass is 35.5. The summed E-state index contributed by atoms with van der Waals surface area (Å²) in [7, 11) is 1.85. The summed E-state index contributed by atoms with van der Waals surface area (Å²) in [5.74, 6) is 0.165. The van der Waals surface area contributed by atoms with Gasteiger partial charge in [-0.05, 0) is 19.1 Å². The van der Waals surface area contributed by atoms with Crippen molar-refractivity contribution >= 4 is 28.8 Å². The van der Waals surface area contributed by atoms with Gasteiger partial charge in [0.25, 0.3) is 0 Å². The summed E-state index contributed by atoms with van der Waals surface area (Å²) in [6.07, 6.45) is 0. The number of piperazine rings is 1. The second-order valence-electron chi connectivity index (χ2n) is 5.05. The summed E-state index contributed by atoms with van der Waals surface area (Å²) < 4.78 is 0.770. The molecule has 1 amide bonds. The van der Waals surface area contributed by atoms with E-state index in [0.717, 1.165) is 28.8 Å². The van der Waals surface area contributed by atoms with Crippen LogP contribution in [0.4, 0.5) is 0 Å². The van der Waals surface area contributed by atoms with Gasteiger partial charge in [-0.3, -0.25) is 9.69 Å². The Morgan fingerprint density at radius 1 is 1.63 bits per heavy atom. The molecule has 0 bridgehead atoms. The second kappa shape index (κ2) is 6.70. The van der Waals surface area contributed by atoms with Crippen molar-refractivity contribution in [1.82, 2.24) is 15.1 Å². The molecule has 2 heterocycles. The Labute approximate surface area is 123 Å². The smallest absolute Gasteiger partial charge is 0.236 e. The zero-order valence-corrected chi connectivity index (χ0v) is 12.9. The van der Waals surface area contributed by atoms with E-state index >= 15 is 0 Å². The van der Waals surface area contributed by atoms with Gasteiger partial charge >= 0.3 is 0 Å². The maximum atomic E-state index is 12.2. The van der Waals surface area contributed by atoms with Gasteiger partial charge in [-0.1, -0.05) is 11.6 Å². The van der Waals surface area contributed by atoms with Gasteiger partial charge in [-0.2, -0.15) is 0 Å². The molecule has 1 N–H and O–H groups in total. The van der Waals surface area contributed by atoms with Crippen molar-refractivity contribution in [3.05, 3.63) is 21.3 Å². The molecule has 0 radical (unpaired) electrons. The molecule has 1 saturated heterocycles. The molecule has 0 saturated carbocycles. The van der Waals surface area contributed by atoms with Gasteiger partial charge in [-0.15, -0.1) is 11.3 Å². The minimum absolute atomic E-state index is 0.165. The molecular formula is C13H20ClN3OS. The van der Waals surface area contributed by atoms with Crippen molar-refractivity contribution in [1.29, 1.82) is 0 Å². The average Bonchev–Trinajstić information content (AvgIpc) is 2.74. The summed E-state index contributed by atoms with van der Waals surface area (Å²) in [6.45, 7) is 6.12. The third-order valence-electron chi connectivity index (χ3n) is 3.26. The van der Waals surface area contributed by atoms with Crippen LogP contribution in [0.5, 0.6) is 0 Å².